The Balaban J connectivity index is 1.96. The standard InChI is InChI=1S/C18H21NO3S/c1-5-14-6-8-15(9-7-14)19-17(20)12(3)22-18(21)16-10-11(2)23-13(16)4/h6-10,12H,5H2,1-4H3,(H,19,20)/t12-/m1/s1. The van der Waals surface area contributed by atoms with Crippen LogP contribution >= 0.6 is 11.3 Å². The lowest BCUT2D eigenvalue weighted by molar-refractivity contribution is -0.123. The third-order valence-corrected chi connectivity index (χ3v) is 4.51. The Hall–Kier alpha value is -2.14. The number of hydrogen-bond acceptors (Lipinski definition) is 4. The van der Waals surface area contributed by atoms with Gasteiger partial charge in [-0.2, -0.15) is 0 Å². The number of ether oxygens (including phenoxy) is 1. The van der Waals surface area contributed by atoms with Gasteiger partial charge < -0.3 is 10.1 Å². The summed E-state index contributed by atoms with van der Waals surface area (Å²) in [6.07, 6.45) is 0.0923. The Morgan fingerprint density at radius 3 is 2.39 bits per heavy atom. The molecule has 1 aromatic heterocycles. The van der Waals surface area contributed by atoms with E-state index in [1.165, 1.54) is 16.9 Å². The molecule has 1 heterocycles. The Morgan fingerprint density at radius 1 is 1.22 bits per heavy atom. The number of carbonyl (C=O) groups excluding carboxylic acids is 2. The van der Waals surface area contributed by atoms with Crippen LogP contribution in [0.4, 0.5) is 5.69 Å². The van der Waals surface area contributed by atoms with E-state index in [0.29, 0.717) is 11.3 Å². The fourth-order valence-corrected chi connectivity index (χ4v) is 3.09. The SMILES string of the molecule is CCc1ccc(NC(=O)[C@@H](C)OC(=O)c2cc(C)sc2C)cc1. The molecule has 0 fully saturated rings. The van der Waals surface area contributed by atoms with Gasteiger partial charge in [-0.05, 0) is 51.0 Å². The monoisotopic (exact) mass is 331 g/mol. The average molecular weight is 331 g/mol. The first-order chi connectivity index (χ1) is 10.9. The van der Waals surface area contributed by atoms with Crippen molar-refractivity contribution < 1.29 is 14.3 Å². The first-order valence-electron chi connectivity index (χ1n) is 7.58. The topological polar surface area (TPSA) is 55.4 Å². The van der Waals surface area contributed by atoms with E-state index in [4.69, 9.17) is 4.74 Å². The van der Waals surface area contributed by atoms with Crippen molar-refractivity contribution in [2.75, 3.05) is 5.32 Å². The first kappa shape index (κ1) is 17.2. The summed E-state index contributed by atoms with van der Waals surface area (Å²) in [6, 6.07) is 9.40. The highest BCUT2D eigenvalue weighted by atomic mass is 32.1. The molecule has 0 spiro atoms. The second-order valence-corrected chi connectivity index (χ2v) is 6.87. The van der Waals surface area contributed by atoms with Gasteiger partial charge in [-0.1, -0.05) is 19.1 Å². The summed E-state index contributed by atoms with van der Waals surface area (Å²) in [7, 11) is 0. The molecule has 2 rings (SSSR count). The van der Waals surface area contributed by atoms with E-state index in [1.807, 2.05) is 38.1 Å². The van der Waals surface area contributed by atoms with Crippen LogP contribution in [0.25, 0.3) is 0 Å². The van der Waals surface area contributed by atoms with Crippen molar-refractivity contribution >= 4 is 28.9 Å². The molecule has 0 bridgehead atoms. The van der Waals surface area contributed by atoms with Crippen LogP contribution in [0.2, 0.25) is 0 Å². The van der Waals surface area contributed by atoms with Gasteiger partial charge in [0.25, 0.3) is 5.91 Å². The van der Waals surface area contributed by atoms with Crippen LogP contribution in [-0.4, -0.2) is 18.0 Å². The molecule has 1 N–H and O–H groups in total. The van der Waals surface area contributed by atoms with Crippen LogP contribution in [0, 0.1) is 13.8 Å². The van der Waals surface area contributed by atoms with Crippen molar-refractivity contribution in [2.45, 2.75) is 40.2 Å². The maximum atomic E-state index is 12.1. The van der Waals surface area contributed by atoms with Crippen LogP contribution < -0.4 is 5.32 Å². The number of nitrogens with one attached hydrogen (secondary N) is 1. The predicted molar refractivity (Wildman–Crippen MR) is 93.1 cm³/mol. The lowest BCUT2D eigenvalue weighted by Crippen LogP contribution is -2.30. The molecule has 23 heavy (non-hydrogen) atoms. The summed E-state index contributed by atoms with van der Waals surface area (Å²) in [4.78, 5) is 26.2. The number of anilines is 1. The number of rotatable bonds is 5. The minimum atomic E-state index is -0.854. The van der Waals surface area contributed by atoms with Crippen molar-refractivity contribution in [1.82, 2.24) is 0 Å². The molecule has 0 saturated carbocycles. The Kier molecular flexibility index (Phi) is 5.55. The van der Waals surface area contributed by atoms with Gasteiger partial charge in [0.1, 0.15) is 0 Å². The number of aryl methyl sites for hydroxylation is 3. The number of thiophene rings is 1. The van der Waals surface area contributed by atoms with Gasteiger partial charge in [-0.15, -0.1) is 11.3 Å². The number of hydrogen-bond donors (Lipinski definition) is 1. The van der Waals surface area contributed by atoms with E-state index in [-0.39, 0.29) is 5.91 Å². The Bertz CT molecular complexity index is 704. The van der Waals surface area contributed by atoms with Gasteiger partial charge in [0.2, 0.25) is 0 Å². The number of esters is 1. The van der Waals surface area contributed by atoms with Gasteiger partial charge in [-0.3, -0.25) is 4.79 Å². The quantitative estimate of drug-likeness (QED) is 0.839. The fourth-order valence-electron chi connectivity index (χ4n) is 2.18. The normalized spacial score (nSPS) is 11.8. The van der Waals surface area contributed by atoms with E-state index in [1.54, 1.807) is 13.0 Å². The maximum Gasteiger partial charge on any atom is 0.340 e. The lowest BCUT2D eigenvalue weighted by Gasteiger charge is -2.13. The zero-order valence-corrected chi connectivity index (χ0v) is 14.6. The Morgan fingerprint density at radius 2 is 1.87 bits per heavy atom. The number of carbonyl (C=O) groups is 2. The molecule has 5 heteroatoms. The molecular formula is C18H21NO3S. The summed E-state index contributed by atoms with van der Waals surface area (Å²) >= 11 is 1.54. The fraction of sp³-hybridized carbons (Fsp3) is 0.333. The molecule has 1 aromatic carbocycles. The maximum absolute atomic E-state index is 12.1. The van der Waals surface area contributed by atoms with Crippen LogP contribution in [0.15, 0.2) is 30.3 Å². The molecule has 122 valence electrons. The highest BCUT2D eigenvalue weighted by Gasteiger charge is 2.21. The molecular weight excluding hydrogens is 310 g/mol. The van der Waals surface area contributed by atoms with Crippen molar-refractivity contribution in [3.8, 4) is 0 Å². The molecule has 0 radical (unpaired) electrons. The largest absolute Gasteiger partial charge is 0.449 e. The third kappa shape index (κ3) is 4.42. The van der Waals surface area contributed by atoms with Crippen LogP contribution in [0.1, 0.15) is 39.5 Å². The van der Waals surface area contributed by atoms with Crippen molar-refractivity contribution in [3.63, 3.8) is 0 Å². The number of amides is 1. The van der Waals surface area contributed by atoms with E-state index in [9.17, 15) is 9.59 Å². The van der Waals surface area contributed by atoms with E-state index in [2.05, 4.69) is 12.2 Å². The molecule has 1 amide bonds. The van der Waals surface area contributed by atoms with E-state index < -0.39 is 12.1 Å². The highest BCUT2D eigenvalue weighted by molar-refractivity contribution is 7.12. The molecule has 0 saturated heterocycles. The second-order valence-electron chi connectivity index (χ2n) is 5.41. The van der Waals surface area contributed by atoms with Gasteiger partial charge in [-0.25, -0.2) is 4.79 Å². The molecule has 4 nitrogen and oxygen atoms in total. The van der Waals surface area contributed by atoms with Crippen LogP contribution in [-0.2, 0) is 16.0 Å². The van der Waals surface area contributed by atoms with Gasteiger partial charge in [0.15, 0.2) is 6.10 Å². The van der Waals surface area contributed by atoms with Gasteiger partial charge in [0.05, 0.1) is 5.56 Å². The van der Waals surface area contributed by atoms with Crippen LogP contribution in [0.5, 0.6) is 0 Å². The Labute approximate surface area is 140 Å². The average Bonchev–Trinajstić information content (AvgIpc) is 2.86. The zero-order valence-electron chi connectivity index (χ0n) is 13.8. The molecule has 0 aliphatic heterocycles. The first-order valence-corrected chi connectivity index (χ1v) is 8.40. The third-order valence-electron chi connectivity index (χ3n) is 3.54. The summed E-state index contributed by atoms with van der Waals surface area (Å²) in [5.74, 6) is -0.803. The second kappa shape index (κ2) is 7.42. The summed E-state index contributed by atoms with van der Waals surface area (Å²) < 4.78 is 5.27. The molecule has 2 aromatic rings. The summed E-state index contributed by atoms with van der Waals surface area (Å²) in [5, 5.41) is 2.76. The number of benzene rings is 1. The van der Waals surface area contributed by atoms with Crippen molar-refractivity contribution in [2.24, 2.45) is 0 Å². The molecule has 0 unspecified atom stereocenters. The zero-order chi connectivity index (χ0) is 17.0. The molecule has 0 aliphatic carbocycles. The predicted octanol–water partition coefficient (Wildman–Crippen LogP) is 4.11. The highest BCUT2D eigenvalue weighted by Crippen LogP contribution is 2.22. The van der Waals surface area contributed by atoms with Crippen molar-refractivity contribution in [3.05, 3.63) is 51.2 Å². The molecule has 0 aliphatic rings. The smallest absolute Gasteiger partial charge is 0.340 e. The van der Waals surface area contributed by atoms with Crippen molar-refractivity contribution in [1.29, 1.82) is 0 Å². The van der Waals surface area contributed by atoms with Crippen LogP contribution in [0.3, 0.4) is 0 Å². The minimum Gasteiger partial charge on any atom is -0.449 e. The molecule has 1 atom stereocenters. The van der Waals surface area contributed by atoms with Gasteiger partial charge in [0, 0.05) is 15.4 Å². The van der Waals surface area contributed by atoms with E-state index in [0.717, 1.165) is 16.2 Å². The summed E-state index contributed by atoms with van der Waals surface area (Å²) in [6.45, 7) is 7.45. The summed E-state index contributed by atoms with van der Waals surface area (Å²) in [5.41, 5.74) is 2.42. The minimum absolute atomic E-state index is 0.341. The van der Waals surface area contributed by atoms with Gasteiger partial charge >= 0.3 is 5.97 Å². The lowest BCUT2D eigenvalue weighted by atomic mass is 10.1. The van der Waals surface area contributed by atoms with E-state index >= 15 is 0 Å².